The van der Waals surface area contributed by atoms with E-state index in [0.717, 1.165) is 39.8 Å². The van der Waals surface area contributed by atoms with Gasteiger partial charge < -0.3 is 14.3 Å². The van der Waals surface area contributed by atoms with Gasteiger partial charge in [-0.2, -0.15) is 0 Å². The highest BCUT2D eigenvalue weighted by Crippen LogP contribution is 2.36. The molecule has 1 unspecified atom stereocenters. The molecule has 0 fully saturated rings. The number of aromatic nitrogens is 4. The summed E-state index contributed by atoms with van der Waals surface area (Å²) < 4.78 is 18.7. The predicted molar refractivity (Wildman–Crippen MR) is 112 cm³/mol. The number of unbranched alkanes of at least 4 members (excludes halogenated alkanes) is 1. The summed E-state index contributed by atoms with van der Waals surface area (Å²) in [7, 11) is 0. The predicted octanol–water partition coefficient (Wildman–Crippen LogP) is 4.48. The van der Waals surface area contributed by atoms with E-state index in [0.29, 0.717) is 29.3 Å². The molecule has 7 heteroatoms. The maximum Gasteiger partial charge on any atom is 0.161 e. The molecule has 1 atom stereocenters. The highest BCUT2D eigenvalue weighted by atomic mass is 32.2. The van der Waals surface area contributed by atoms with E-state index in [1.54, 1.807) is 6.20 Å². The summed E-state index contributed by atoms with van der Waals surface area (Å²) in [6.07, 6.45) is 5.13. The van der Waals surface area contributed by atoms with Gasteiger partial charge in [0.25, 0.3) is 0 Å². The molecular formula is C21H22N4O2S. The fourth-order valence-corrected chi connectivity index (χ4v) is 4.63. The van der Waals surface area contributed by atoms with Crippen molar-refractivity contribution in [1.82, 2.24) is 19.9 Å². The van der Waals surface area contributed by atoms with Crippen LogP contribution in [0.25, 0.3) is 33.3 Å². The Bertz CT molecular complexity index is 1080. The number of nitrogens with one attached hydrogen (secondary N) is 1. The molecule has 2 aromatic heterocycles. The smallest absolute Gasteiger partial charge is 0.161 e. The van der Waals surface area contributed by atoms with Gasteiger partial charge in [-0.15, -0.1) is 0 Å². The van der Waals surface area contributed by atoms with Crippen LogP contribution in [0.4, 0.5) is 0 Å². The number of rotatable bonds is 7. The van der Waals surface area contributed by atoms with Crippen LogP contribution in [-0.2, 0) is 11.2 Å². The van der Waals surface area contributed by atoms with Crippen molar-refractivity contribution in [3.05, 3.63) is 42.9 Å². The first kappa shape index (κ1) is 18.7. The molecule has 6 nitrogen and oxygen atoms in total. The summed E-state index contributed by atoms with van der Waals surface area (Å²) in [5, 5.41) is 1.97. The van der Waals surface area contributed by atoms with Crippen LogP contribution < -0.4 is 4.74 Å². The molecule has 0 saturated carbocycles. The third-order valence-electron chi connectivity index (χ3n) is 4.59. The number of imidazole rings is 1. The largest absolute Gasteiger partial charge is 0.611 e. The zero-order chi connectivity index (χ0) is 19.5. The molecule has 1 N–H and O–H groups in total. The molecule has 4 aromatic rings. The summed E-state index contributed by atoms with van der Waals surface area (Å²) in [6, 6.07) is 9.93. The topological polar surface area (TPSA) is 86.8 Å². The molecule has 0 amide bonds. The summed E-state index contributed by atoms with van der Waals surface area (Å²) in [5.41, 5.74) is 2.19. The number of fused-ring (bicyclic) bond motifs is 2. The summed E-state index contributed by atoms with van der Waals surface area (Å²) >= 11 is -1.04. The fourth-order valence-electron chi connectivity index (χ4n) is 3.21. The van der Waals surface area contributed by atoms with Gasteiger partial charge in [0, 0.05) is 5.39 Å². The van der Waals surface area contributed by atoms with Crippen LogP contribution in [0.2, 0.25) is 0 Å². The highest BCUT2D eigenvalue weighted by Gasteiger charge is 2.19. The molecule has 0 aliphatic carbocycles. The Morgan fingerprint density at radius 3 is 2.89 bits per heavy atom. The maximum atomic E-state index is 12.9. The lowest BCUT2D eigenvalue weighted by Gasteiger charge is -2.15. The minimum atomic E-state index is -1.04. The first-order chi connectivity index (χ1) is 13.7. The van der Waals surface area contributed by atoms with Gasteiger partial charge in [0.05, 0.1) is 18.4 Å². The monoisotopic (exact) mass is 394 g/mol. The second kappa shape index (κ2) is 8.16. The molecule has 0 radical (unpaired) electrons. The molecule has 0 spiro atoms. The van der Waals surface area contributed by atoms with Crippen molar-refractivity contribution in [1.29, 1.82) is 0 Å². The molecule has 0 aliphatic heterocycles. The Kier molecular flexibility index (Phi) is 5.45. The van der Waals surface area contributed by atoms with E-state index in [1.807, 2.05) is 37.3 Å². The Morgan fingerprint density at radius 1 is 1.21 bits per heavy atom. The molecule has 28 heavy (non-hydrogen) atoms. The van der Waals surface area contributed by atoms with Gasteiger partial charge in [-0.25, -0.2) is 15.0 Å². The normalized spacial score (nSPS) is 12.5. The maximum absolute atomic E-state index is 12.9. The van der Waals surface area contributed by atoms with Crippen LogP contribution in [0, 0.1) is 0 Å². The van der Waals surface area contributed by atoms with Crippen LogP contribution in [0.15, 0.2) is 47.8 Å². The summed E-state index contributed by atoms with van der Waals surface area (Å²) in [6.45, 7) is 4.60. The molecule has 4 rings (SSSR count). The first-order valence-corrected chi connectivity index (χ1v) is 10.8. The average Bonchev–Trinajstić information content (AvgIpc) is 3.15. The lowest BCUT2D eigenvalue weighted by Crippen LogP contribution is -2.07. The van der Waals surface area contributed by atoms with Gasteiger partial charge in [-0.3, -0.25) is 0 Å². The van der Waals surface area contributed by atoms with E-state index in [1.165, 1.54) is 6.33 Å². The molecule has 0 saturated heterocycles. The van der Waals surface area contributed by atoms with E-state index < -0.39 is 11.2 Å². The summed E-state index contributed by atoms with van der Waals surface area (Å²) in [5.74, 6) is 2.06. The Hall–Kier alpha value is -2.64. The highest BCUT2D eigenvalue weighted by molar-refractivity contribution is 7.91. The third-order valence-corrected chi connectivity index (χ3v) is 6.09. The number of H-pyrrole nitrogens is 1. The first-order valence-electron chi connectivity index (χ1n) is 9.45. The van der Waals surface area contributed by atoms with Gasteiger partial charge in [-0.05, 0) is 48.1 Å². The number of nitrogens with zero attached hydrogens (tertiary/aromatic N) is 3. The SMILES string of the molecule is CCCC[S+]([O-])c1cccc2cc(OCC)c(-c3nc4cncnc4[nH]3)cc12. The zero-order valence-electron chi connectivity index (χ0n) is 15.9. The number of ether oxygens (including phenoxy) is 1. The number of hydrogen-bond acceptors (Lipinski definition) is 5. The number of hydrogen-bond donors (Lipinski definition) is 1. The van der Waals surface area contributed by atoms with Gasteiger partial charge in [0.15, 0.2) is 10.5 Å². The molecule has 144 valence electrons. The Balaban J connectivity index is 1.89. The standard InChI is InChI=1S/C21H22N4O2S/c1-3-5-9-28(26)19-8-6-7-14-10-18(27-4-2)16(11-15(14)19)20-24-17-12-22-13-23-21(17)25-20/h6-8,10-13H,3-5,9H2,1-2H3,(H,22,23,24,25). The quantitative estimate of drug-likeness (QED) is 0.467. The van der Waals surface area contributed by atoms with Gasteiger partial charge in [0.2, 0.25) is 0 Å². The van der Waals surface area contributed by atoms with Crippen molar-refractivity contribution < 1.29 is 9.29 Å². The van der Waals surface area contributed by atoms with Crippen LogP contribution in [-0.4, -0.2) is 36.8 Å². The van der Waals surface area contributed by atoms with Crippen LogP contribution in [0.5, 0.6) is 5.75 Å². The molecule has 2 aromatic carbocycles. The van der Waals surface area contributed by atoms with Crippen molar-refractivity contribution in [3.63, 3.8) is 0 Å². The second-order valence-corrected chi connectivity index (χ2v) is 8.04. The van der Waals surface area contributed by atoms with E-state index in [9.17, 15) is 4.55 Å². The van der Waals surface area contributed by atoms with Gasteiger partial charge in [-0.1, -0.05) is 25.5 Å². The van der Waals surface area contributed by atoms with E-state index >= 15 is 0 Å². The molecule has 0 aliphatic rings. The second-order valence-electron chi connectivity index (χ2n) is 6.50. The van der Waals surface area contributed by atoms with E-state index in [2.05, 4.69) is 26.9 Å². The number of aromatic amines is 1. The van der Waals surface area contributed by atoms with Crippen molar-refractivity contribution in [2.75, 3.05) is 12.4 Å². The van der Waals surface area contributed by atoms with Crippen molar-refractivity contribution in [2.24, 2.45) is 0 Å². The van der Waals surface area contributed by atoms with Crippen LogP contribution in [0.3, 0.4) is 0 Å². The molecule has 0 bridgehead atoms. The average molecular weight is 395 g/mol. The minimum absolute atomic E-state index is 0.542. The lowest BCUT2D eigenvalue weighted by molar-refractivity contribution is 0.342. The van der Waals surface area contributed by atoms with Crippen LogP contribution in [0.1, 0.15) is 26.7 Å². The number of benzene rings is 2. The Labute approximate surface area is 166 Å². The van der Waals surface area contributed by atoms with E-state index in [4.69, 9.17) is 4.74 Å². The van der Waals surface area contributed by atoms with Crippen molar-refractivity contribution in [2.45, 2.75) is 31.6 Å². The van der Waals surface area contributed by atoms with Crippen molar-refractivity contribution in [3.8, 4) is 17.1 Å². The summed E-state index contributed by atoms with van der Waals surface area (Å²) in [4.78, 5) is 17.0. The van der Waals surface area contributed by atoms with Gasteiger partial charge in [0.1, 0.15) is 29.2 Å². The molecular weight excluding hydrogens is 372 g/mol. The van der Waals surface area contributed by atoms with E-state index in [-0.39, 0.29) is 0 Å². The van der Waals surface area contributed by atoms with Gasteiger partial charge >= 0.3 is 0 Å². The van der Waals surface area contributed by atoms with Crippen molar-refractivity contribution >= 4 is 33.1 Å². The Morgan fingerprint density at radius 2 is 2.11 bits per heavy atom. The zero-order valence-corrected chi connectivity index (χ0v) is 16.8. The lowest BCUT2D eigenvalue weighted by atomic mass is 10.1. The molecule has 2 heterocycles. The van der Waals surface area contributed by atoms with Crippen LogP contribution >= 0.6 is 0 Å². The minimum Gasteiger partial charge on any atom is -0.611 e. The third kappa shape index (κ3) is 3.55. The fraction of sp³-hybridized carbons (Fsp3) is 0.286.